The Morgan fingerprint density at radius 1 is 1.67 bits per heavy atom. The van der Waals surface area contributed by atoms with Crippen LogP contribution >= 0.6 is 23.7 Å². The molecule has 2 rings (SSSR count). The summed E-state index contributed by atoms with van der Waals surface area (Å²) in [6.07, 6.45) is 3.13. The van der Waals surface area contributed by atoms with Crippen molar-refractivity contribution in [1.29, 1.82) is 0 Å². The number of carbonyl (C=O) groups is 1. The summed E-state index contributed by atoms with van der Waals surface area (Å²) in [5, 5.41) is 10.2. The highest BCUT2D eigenvalue weighted by atomic mass is 35.5. The number of hydrogen-bond donors (Lipinski definition) is 1. The van der Waals surface area contributed by atoms with Crippen molar-refractivity contribution < 1.29 is 9.90 Å². The molecule has 2 aromatic rings. The van der Waals surface area contributed by atoms with Gasteiger partial charge in [-0.3, -0.25) is 4.40 Å². The van der Waals surface area contributed by atoms with Gasteiger partial charge in [0.2, 0.25) is 0 Å². The zero-order valence-electron chi connectivity index (χ0n) is 5.80. The first-order valence-corrected chi connectivity index (χ1v) is 3.80. The number of carboxylic acids is 1. The zero-order valence-corrected chi connectivity index (χ0v) is 7.43. The van der Waals surface area contributed by atoms with E-state index in [2.05, 4.69) is 4.98 Å². The van der Waals surface area contributed by atoms with Gasteiger partial charge in [-0.1, -0.05) is 0 Å². The molecule has 0 aliphatic heterocycles. The number of rotatable bonds is 1. The molecule has 2 heterocycles. The molecule has 0 aromatic carbocycles. The highest BCUT2D eigenvalue weighted by Crippen LogP contribution is 2.14. The largest absolute Gasteiger partial charge is 0.477 e. The van der Waals surface area contributed by atoms with Gasteiger partial charge in [0.1, 0.15) is 16.9 Å². The zero-order chi connectivity index (χ0) is 7.84. The molecule has 0 amide bonds. The van der Waals surface area contributed by atoms with E-state index < -0.39 is 5.97 Å². The second kappa shape index (κ2) is 3.12. The minimum Gasteiger partial charge on any atom is -0.477 e. The molecule has 0 unspecified atom stereocenters. The fourth-order valence-electron chi connectivity index (χ4n) is 0.877. The lowest BCUT2D eigenvalue weighted by Crippen LogP contribution is -1.99. The van der Waals surface area contributed by atoms with Crippen molar-refractivity contribution in [3.05, 3.63) is 23.6 Å². The minimum atomic E-state index is -0.922. The molecule has 0 atom stereocenters. The van der Waals surface area contributed by atoms with Crippen molar-refractivity contribution in [2.75, 3.05) is 0 Å². The standard InChI is InChI=1S/C6H4N2O2S.ClH/c9-6(10)4-2-11-5-1-7-3-8(4)5;/h1-3H,(H,9,10);1H. The SMILES string of the molecule is Cl.O=C(O)c1csc2cncn12. The van der Waals surface area contributed by atoms with Crippen LogP contribution in [0.4, 0.5) is 0 Å². The number of fused-ring (bicyclic) bond motifs is 1. The Labute approximate surface area is 77.9 Å². The molecule has 0 aliphatic rings. The quantitative estimate of drug-likeness (QED) is 0.766. The molecular weight excluding hydrogens is 200 g/mol. The fourth-order valence-corrected chi connectivity index (χ4v) is 1.70. The van der Waals surface area contributed by atoms with Gasteiger partial charge in [-0.05, 0) is 0 Å². The first-order chi connectivity index (χ1) is 5.29. The van der Waals surface area contributed by atoms with Gasteiger partial charge < -0.3 is 5.11 Å². The van der Waals surface area contributed by atoms with E-state index in [1.54, 1.807) is 16.0 Å². The summed E-state index contributed by atoms with van der Waals surface area (Å²) in [6.45, 7) is 0. The summed E-state index contributed by atoms with van der Waals surface area (Å²) >= 11 is 1.37. The van der Waals surface area contributed by atoms with Crippen LogP contribution in [0.25, 0.3) is 4.83 Å². The molecular formula is C6H5ClN2O2S. The lowest BCUT2D eigenvalue weighted by atomic mass is 10.5. The monoisotopic (exact) mass is 204 g/mol. The van der Waals surface area contributed by atoms with Gasteiger partial charge in [0.15, 0.2) is 0 Å². The van der Waals surface area contributed by atoms with E-state index >= 15 is 0 Å². The van der Waals surface area contributed by atoms with E-state index in [9.17, 15) is 4.79 Å². The van der Waals surface area contributed by atoms with E-state index in [1.807, 2.05) is 0 Å². The summed E-state index contributed by atoms with van der Waals surface area (Å²) in [5.74, 6) is -0.922. The Hall–Kier alpha value is -1.07. The molecule has 0 saturated carbocycles. The molecule has 12 heavy (non-hydrogen) atoms. The third-order valence-electron chi connectivity index (χ3n) is 1.37. The maximum absolute atomic E-state index is 10.5. The van der Waals surface area contributed by atoms with Crippen molar-refractivity contribution in [3.8, 4) is 0 Å². The molecule has 1 N–H and O–H groups in total. The van der Waals surface area contributed by atoms with Crippen LogP contribution in [0.15, 0.2) is 17.9 Å². The van der Waals surface area contributed by atoms with Crippen LogP contribution in [0.5, 0.6) is 0 Å². The molecule has 2 aromatic heterocycles. The second-order valence-corrected chi connectivity index (χ2v) is 2.92. The lowest BCUT2D eigenvalue weighted by molar-refractivity contribution is 0.0689. The molecule has 4 nitrogen and oxygen atoms in total. The van der Waals surface area contributed by atoms with Gasteiger partial charge in [-0.2, -0.15) is 0 Å². The smallest absolute Gasteiger partial charge is 0.353 e. The van der Waals surface area contributed by atoms with Gasteiger partial charge >= 0.3 is 5.97 Å². The van der Waals surface area contributed by atoms with Crippen molar-refractivity contribution >= 4 is 34.5 Å². The second-order valence-electron chi connectivity index (χ2n) is 2.03. The van der Waals surface area contributed by atoms with Gasteiger partial charge in [0.25, 0.3) is 0 Å². The summed E-state index contributed by atoms with van der Waals surface area (Å²) in [7, 11) is 0. The van der Waals surface area contributed by atoms with Crippen LogP contribution in [-0.4, -0.2) is 20.5 Å². The van der Waals surface area contributed by atoms with Gasteiger partial charge in [-0.15, -0.1) is 23.7 Å². The van der Waals surface area contributed by atoms with Gasteiger partial charge in [0, 0.05) is 5.38 Å². The summed E-state index contributed by atoms with van der Waals surface area (Å²) in [6, 6.07) is 0. The van der Waals surface area contributed by atoms with Gasteiger partial charge in [0.05, 0.1) is 6.20 Å². The number of imidazole rings is 1. The van der Waals surface area contributed by atoms with Gasteiger partial charge in [-0.25, -0.2) is 9.78 Å². The first kappa shape index (κ1) is 9.02. The van der Waals surface area contributed by atoms with E-state index in [4.69, 9.17) is 5.11 Å². The minimum absolute atomic E-state index is 0. The van der Waals surface area contributed by atoms with Crippen molar-refractivity contribution in [2.45, 2.75) is 0 Å². The third kappa shape index (κ3) is 1.17. The van der Waals surface area contributed by atoms with Crippen LogP contribution in [0, 0.1) is 0 Å². The Bertz CT molecular complexity index is 408. The highest BCUT2D eigenvalue weighted by molar-refractivity contribution is 7.15. The number of halogens is 1. The topological polar surface area (TPSA) is 54.6 Å². The van der Waals surface area contributed by atoms with E-state index in [0.717, 1.165) is 4.83 Å². The first-order valence-electron chi connectivity index (χ1n) is 2.92. The van der Waals surface area contributed by atoms with E-state index in [-0.39, 0.29) is 18.1 Å². The fraction of sp³-hybridized carbons (Fsp3) is 0. The molecule has 0 bridgehead atoms. The summed E-state index contributed by atoms with van der Waals surface area (Å²) in [4.78, 5) is 15.2. The summed E-state index contributed by atoms with van der Waals surface area (Å²) < 4.78 is 1.55. The average molecular weight is 205 g/mol. The average Bonchev–Trinajstić information content (AvgIpc) is 2.41. The maximum Gasteiger partial charge on any atom is 0.353 e. The lowest BCUT2D eigenvalue weighted by Gasteiger charge is -1.87. The number of carboxylic acid groups (broad SMARTS) is 1. The van der Waals surface area contributed by atoms with Crippen LogP contribution < -0.4 is 0 Å². The Morgan fingerprint density at radius 2 is 2.42 bits per heavy atom. The normalized spacial score (nSPS) is 9.67. The molecule has 0 spiro atoms. The maximum atomic E-state index is 10.5. The number of nitrogens with zero attached hydrogens (tertiary/aromatic N) is 2. The Morgan fingerprint density at radius 3 is 3.08 bits per heavy atom. The highest BCUT2D eigenvalue weighted by Gasteiger charge is 2.09. The Balaban J connectivity index is 0.000000720. The predicted molar refractivity (Wildman–Crippen MR) is 47.3 cm³/mol. The van der Waals surface area contributed by atoms with Crippen LogP contribution in [0.3, 0.4) is 0 Å². The number of aromatic carboxylic acids is 1. The van der Waals surface area contributed by atoms with Crippen LogP contribution in [-0.2, 0) is 0 Å². The molecule has 6 heteroatoms. The molecule has 0 radical (unpaired) electrons. The predicted octanol–water partition coefficient (Wildman–Crippen LogP) is 1.52. The van der Waals surface area contributed by atoms with E-state index in [0.29, 0.717) is 0 Å². The summed E-state index contributed by atoms with van der Waals surface area (Å²) in [5.41, 5.74) is 0.266. The number of thiazole rings is 1. The van der Waals surface area contributed by atoms with Crippen LogP contribution in [0.2, 0.25) is 0 Å². The van der Waals surface area contributed by atoms with Crippen molar-refractivity contribution in [1.82, 2.24) is 9.38 Å². The van der Waals surface area contributed by atoms with Crippen molar-refractivity contribution in [2.24, 2.45) is 0 Å². The van der Waals surface area contributed by atoms with Crippen LogP contribution in [0.1, 0.15) is 10.5 Å². The third-order valence-corrected chi connectivity index (χ3v) is 2.26. The van der Waals surface area contributed by atoms with E-state index in [1.165, 1.54) is 17.7 Å². The molecule has 0 fully saturated rings. The molecule has 0 aliphatic carbocycles. The molecule has 0 saturated heterocycles. The van der Waals surface area contributed by atoms with Crippen molar-refractivity contribution in [3.63, 3.8) is 0 Å². The Kier molecular flexibility index (Phi) is 2.35. The number of hydrogen-bond acceptors (Lipinski definition) is 3. The molecule has 64 valence electrons. The number of aromatic nitrogens is 2.